The van der Waals surface area contributed by atoms with Crippen molar-refractivity contribution in [1.29, 1.82) is 0 Å². The van der Waals surface area contributed by atoms with Crippen LogP contribution in [0.4, 0.5) is 8.78 Å². The van der Waals surface area contributed by atoms with Crippen molar-refractivity contribution in [2.45, 2.75) is 19.8 Å². The van der Waals surface area contributed by atoms with E-state index in [1.54, 1.807) is 0 Å². The zero-order chi connectivity index (χ0) is 14.0. The standard InChI is InChI=1S/C11H9F2N3O2S/c1-5-4-19-8(15-5)2-7-14-3-6(11(17)18)9(16-7)10(12)13/h3-4,10H,2H2,1H3,(H,17,18). The van der Waals surface area contributed by atoms with Crippen molar-refractivity contribution in [3.8, 4) is 0 Å². The van der Waals surface area contributed by atoms with E-state index in [0.717, 1.165) is 11.9 Å². The number of halogens is 2. The Labute approximate surface area is 111 Å². The Bertz CT molecular complexity index is 616. The van der Waals surface area contributed by atoms with E-state index >= 15 is 0 Å². The first kappa shape index (κ1) is 13.5. The topological polar surface area (TPSA) is 76.0 Å². The molecular weight excluding hydrogens is 276 g/mol. The number of rotatable bonds is 4. The zero-order valence-corrected chi connectivity index (χ0v) is 10.6. The van der Waals surface area contributed by atoms with E-state index in [0.29, 0.717) is 5.01 Å². The molecule has 0 spiro atoms. The zero-order valence-electron chi connectivity index (χ0n) is 9.80. The number of hydrogen-bond acceptors (Lipinski definition) is 5. The van der Waals surface area contributed by atoms with Gasteiger partial charge in [0.15, 0.2) is 0 Å². The number of hydrogen-bond donors (Lipinski definition) is 1. The summed E-state index contributed by atoms with van der Waals surface area (Å²) >= 11 is 1.37. The molecule has 0 bridgehead atoms. The Morgan fingerprint density at radius 3 is 2.74 bits per heavy atom. The van der Waals surface area contributed by atoms with Crippen molar-refractivity contribution in [1.82, 2.24) is 15.0 Å². The van der Waals surface area contributed by atoms with Gasteiger partial charge < -0.3 is 5.11 Å². The van der Waals surface area contributed by atoms with Crippen molar-refractivity contribution in [2.24, 2.45) is 0 Å². The quantitative estimate of drug-likeness (QED) is 0.933. The summed E-state index contributed by atoms with van der Waals surface area (Å²) in [7, 11) is 0. The van der Waals surface area contributed by atoms with Gasteiger partial charge in [0, 0.05) is 17.3 Å². The number of alkyl halides is 2. The number of carbonyl (C=O) groups is 1. The minimum absolute atomic E-state index is 0.134. The molecule has 2 aromatic rings. The van der Waals surface area contributed by atoms with Gasteiger partial charge in [0.1, 0.15) is 22.1 Å². The molecule has 0 radical (unpaired) electrons. The molecule has 2 rings (SSSR count). The molecule has 100 valence electrons. The van der Waals surface area contributed by atoms with Gasteiger partial charge in [0.2, 0.25) is 0 Å². The van der Waals surface area contributed by atoms with Crippen LogP contribution in [-0.2, 0) is 6.42 Å². The Morgan fingerprint density at radius 1 is 1.47 bits per heavy atom. The van der Waals surface area contributed by atoms with Crippen molar-refractivity contribution in [3.05, 3.63) is 39.4 Å². The largest absolute Gasteiger partial charge is 0.478 e. The molecule has 0 fully saturated rings. The van der Waals surface area contributed by atoms with Crippen molar-refractivity contribution < 1.29 is 18.7 Å². The van der Waals surface area contributed by atoms with Crippen molar-refractivity contribution in [3.63, 3.8) is 0 Å². The Kier molecular flexibility index (Phi) is 3.79. The fraction of sp³-hybridized carbons (Fsp3) is 0.273. The highest BCUT2D eigenvalue weighted by Gasteiger charge is 2.21. The van der Waals surface area contributed by atoms with Crippen LogP contribution in [0.3, 0.4) is 0 Å². The number of carboxylic acids is 1. The van der Waals surface area contributed by atoms with Crippen LogP contribution in [0.25, 0.3) is 0 Å². The van der Waals surface area contributed by atoms with Crippen LogP contribution in [-0.4, -0.2) is 26.0 Å². The van der Waals surface area contributed by atoms with Crippen LogP contribution in [0.2, 0.25) is 0 Å². The van der Waals surface area contributed by atoms with Gasteiger partial charge in [-0.15, -0.1) is 11.3 Å². The highest BCUT2D eigenvalue weighted by atomic mass is 32.1. The van der Waals surface area contributed by atoms with Gasteiger partial charge in [-0.25, -0.2) is 28.5 Å². The van der Waals surface area contributed by atoms with Gasteiger partial charge in [0.05, 0.1) is 6.42 Å². The minimum Gasteiger partial charge on any atom is -0.478 e. The van der Waals surface area contributed by atoms with Crippen LogP contribution in [0.5, 0.6) is 0 Å². The van der Waals surface area contributed by atoms with Crippen LogP contribution < -0.4 is 0 Å². The van der Waals surface area contributed by atoms with E-state index in [1.165, 1.54) is 11.3 Å². The lowest BCUT2D eigenvalue weighted by molar-refractivity contribution is 0.0681. The van der Waals surface area contributed by atoms with E-state index < -0.39 is 23.7 Å². The average Bonchev–Trinajstić information content (AvgIpc) is 2.74. The summed E-state index contributed by atoms with van der Waals surface area (Å²) in [5, 5.41) is 11.3. The van der Waals surface area contributed by atoms with Gasteiger partial charge in [-0.05, 0) is 6.92 Å². The molecule has 2 aromatic heterocycles. The average molecular weight is 285 g/mol. The third-order valence-electron chi connectivity index (χ3n) is 2.28. The molecule has 19 heavy (non-hydrogen) atoms. The summed E-state index contributed by atoms with van der Waals surface area (Å²) in [6.45, 7) is 1.82. The number of nitrogens with zero attached hydrogens (tertiary/aromatic N) is 3. The van der Waals surface area contributed by atoms with Gasteiger partial charge in [-0.3, -0.25) is 0 Å². The highest BCUT2D eigenvalue weighted by Crippen LogP contribution is 2.21. The Morgan fingerprint density at radius 2 is 2.21 bits per heavy atom. The Balaban J connectivity index is 2.32. The molecule has 1 N–H and O–H groups in total. The molecule has 0 aromatic carbocycles. The number of carboxylic acid groups (broad SMARTS) is 1. The lowest BCUT2D eigenvalue weighted by Crippen LogP contribution is -2.09. The van der Waals surface area contributed by atoms with Gasteiger partial charge in [-0.2, -0.15) is 0 Å². The maximum atomic E-state index is 12.7. The smallest absolute Gasteiger partial charge is 0.339 e. The molecule has 2 heterocycles. The lowest BCUT2D eigenvalue weighted by atomic mass is 10.2. The van der Waals surface area contributed by atoms with Gasteiger partial charge in [-0.1, -0.05) is 0 Å². The second kappa shape index (κ2) is 5.35. The fourth-order valence-electron chi connectivity index (χ4n) is 1.47. The summed E-state index contributed by atoms with van der Waals surface area (Å²) in [4.78, 5) is 22.4. The number of thiazole rings is 1. The monoisotopic (exact) mass is 285 g/mol. The number of aryl methyl sites for hydroxylation is 1. The fourth-order valence-corrected chi connectivity index (χ4v) is 2.24. The molecule has 5 nitrogen and oxygen atoms in total. The maximum absolute atomic E-state index is 12.7. The lowest BCUT2D eigenvalue weighted by Gasteiger charge is -2.05. The van der Waals surface area contributed by atoms with Crippen LogP contribution in [0, 0.1) is 6.92 Å². The predicted octanol–water partition coefficient (Wildman–Crippen LogP) is 2.47. The first-order valence-corrected chi connectivity index (χ1v) is 6.13. The molecule has 0 unspecified atom stereocenters. The normalized spacial score (nSPS) is 10.9. The number of aromatic carboxylic acids is 1. The van der Waals surface area contributed by atoms with E-state index in [4.69, 9.17) is 5.11 Å². The summed E-state index contributed by atoms with van der Waals surface area (Å²) in [6.07, 6.45) is -1.84. The molecule has 0 aliphatic heterocycles. The molecule has 0 atom stereocenters. The van der Waals surface area contributed by atoms with Gasteiger partial charge in [0.25, 0.3) is 6.43 Å². The van der Waals surface area contributed by atoms with Crippen molar-refractivity contribution >= 4 is 17.3 Å². The predicted molar refractivity (Wildman–Crippen MR) is 63.6 cm³/mol. The van der Waals surface area contributed by atoms with Gasteiger partial charge >= 0.3 is 5.97 Å². The highest BCUT2D eigenvalue weighted by molar-refractivity contribution is 7.09. The van der Waals surface area contributed by atoms with E-state index in [9.17, 15) is 13.6 Å². The summed E-state index contributed by atoms with van der Waals surface area (Å²) < 4.78 is 25.5. The van der Waals surface area contributed by atoms with E-state index in [-0.39, 0.29) is 12.2 Å². The van der Waals surface area contributed by atoms with E-state index in [1.807, 2.05) is 12.3 Å². The molecule has 0 aliphatic carbocycles. The van der Waals surface area contributed by atoms with Crippen LogP contribution in [0.1, 0.15) is 39.0 Å². The molecule has 0 saturated carbocycles. The first-order chi connectivity index (χ1) is 8.97. The SMILES string of the molecule is Cc1csc(Cc2ncc(C(=O)O)c(C(F)F)n2)n1. The summed E-state index contributed by atoms with van der Waals surface area (Å²) in [5.41, 5.74) is -0.504. The number of aromatic nitrogens is 3. The molecular formula is C11H9F2N3O2S. The second-order valence-electron chi connectivity index (χ2n) is 3.75. The van der Waals surface area contributed by atoms with Crippen molar-refractivity contribution in [2.75, 3.05) is 0 Å². The third-order valence-corrected chi connectivity index (χ3v) is 3.25. The Hall–Kier alpha value is -1.96. The second-order valence-corrected chi connectivity index (χ2v) is 4.69. The summed E-state index contributed by atoms with van der Waals surface area (Å²) in [5.74, 6) is -1.33. The molecule has 0 aliphatic rings. The minimum atomic E-state index is -2.95. The molecule has 0 amide bonds. The van der Waals surface area contributed by atoms with Crippen LogP contribution >= 0.6 is 11.3 Å². The third kappa shape index (κ3) is 3.08. The first-order valence-electron chi connectivity index (χ1n) is 5.25. The molecule has 8 heteroatoms. The maximum Gasteiger partial charge on any atom is 0.339 e. The molecule has 0 saturated heterocycles. The van der Waals surface area contributed by atoms with Crippen LogP contribution in [0.15, 0.2) is 11.6 Å². The summed E-state index contributed by atoms with van der Waals surface area (Å²) in [6, 6.07) is 0. The van der Waals surface area contributed by atoms with E-state index in [2.05, 4.69) is 15.0 Å².